The van der Waals surface area contributed by atoms with Crippen molar-refractivity contribution in [2.24, 2.45) is 0 Å². The fraction of sp³-hybridized carbons (Fsp3) is 0.0769. The van der Waals surface area contributed by atoms with Crippen LogP contribution in [0, 0.1) is 0 Å². The molecule has 0 N–H and O–H groups in total. The van der Waals surface area contributed by atoms with Gasteiger partial charge >= 0.3 is 0 Å². The Labute approximate surface area is 96.9 Å². The summed E-state index contributed by atoms with van der Waals surface area (Å²) in [5.74, 6) is 0.728. The van der Waals surface area contributed by atoms with Crippen molar-refractivity contribution >= 4 is 32.5 Å². The van der Waals surface area contributed by atoms with E-state index in [0.717, 1.165) is 16.7 Å². The quantitative estimate of drug-likeness (QED) is 0.595. The predicted octanol–water partition coefficient (Wildman–Crippen LogP) is 2.24. The summed E-state index contributed by atoms with van der Waals surface area (Å²) >= 11 is 0. The minimum absolute atomic E-state index is 0.728. The second-order valence-corrected chi connectivity index (χ2v) is 3.99. The maximum atomic E-state index is 5.71. The first-order valence-electron chi connectivity index (χ1n) is 5.13. The minimum atomic E-state index is -1.20. The van der Waals surface area contributed by atoms with Crippen LogP contribution in [0.15, 0.2) is 42.5 Å². The molecule has 3 heteroatoms. The summed E-state index contributed by atoms with van der Waals surface area (Å²) in [5.41, 5.74) is 1.03. The normalized spacial score (nSPS) is 16.8. The maximum Gasteiger partial charge on any atom is 0.126 e. The summed E-state index contributed by atoms with van der Waals surface area (Å²) in [6.45, 7) is 0. The van der Waals surface area contributed by atoms with Gasteiger partial charge in [-0.25, -0.2) is 0 Å². The van der Waals surface area contributed by atoms with Gasteiger partial charge in [-0.15, -0.1) is 0 Å². The van der Waals surface area contributed by atoms with Crippen molar-refractivity contribution in [2.45, 2.75) is 5.40 Å². The molecule has 2 aromatic rings. The Kier molecular flexibility index (Phi) is 1.90. The van der Waals surface area contributed by atoms with Crippen molar-refractivity contribution in [2.75, 3.05) is 0 Å². The van der Waals surface area contributed by atoms with Crippen LogP contribution in [0.3, 0.4) is 0 Å². The lowest BCUT2D eigenvalue weighted by molar-refractivity contribution is 0.285. The van der Waals surface area contributed by atoms with Gasteiger partial charge in [0.25, 0.3) is 0 Å². The summed E-state index contributed by atoms with van der Waals surface area (Å²) in [5, 5.41) is 1.12. The Morgan fingerprint density at radius 1 is 1.00 bits per heavy atom. The largest absolute Gasteiger partial charge is 0.503 e. The van der Waals surface area contributed by atoms with E-state index >= 15 is 0 Å². The van der Waals surface area contributed by atoms with Crippen molar-refractivity contribution in [3.63, 3.8) is 0 Å². The van der Waals surface area contributed by atoms with E-state index in [1.165, 1.54) is 5.39 Å². The second-order valence-electron chi connectivity index (χ2n) is 3.99. The lowest BCUT2D eigenvalue weighted by Gasteiger charge is -2.29. The fourth-order valence-electron chi connectivity index (χ4n) is 1.97. The molecule has 1 aliphatic rings. The molecule has 0 bridgehead atoms. The van der Waals surface area contributed by atoms with Gasteiger partial charge in [-0.1, -0.05) is 42.5 Å². The molecule has 2 aromatic carbocycles. The van der Waals surface area contributed by atoms with E-state index in [1.807, 2.05) is 30.3 Å². The first-order valence-corrected chi connectivity index (χ1v) is 5.13. The van der Waals surface area contributed by atoms with Crippen LogP contribution < -0.4 is 4.74 Å². The van der Waals surface area contributed by atoms with Crippen LogP contribution in [0.4, 0.5) is 0 Å². The zero-order valence-electron chi connectivity index (χ0n) is 8.68. The summed E-state index contributed by atoms with van der Waals surface area (Å²) in [6, 6.07) is 12.0. The van der Waals surface area contributed by atoms with Gasteiger partial charge in [0.15, 0.2) is 0 Å². The molecule has 0 atom stereocenters. The molecule has 0 aromatic heterocycles. The average molecular weight is 202 g/mol. The standard InChI is InChI=1S/C13H8B2O/c14-13(15)8-7-11-10-4-2-1-3-9(10)5-6-12(11)16-13/h1-8H. The molecule has 16 heavy (non-hydrogen) atoms. The van der Waals surface area contributed by atoms with Gasteiger partial charge in [0.1, 0.15) is 21.4 Å². The maximum absolute atomic E-state index is 5.71. The third-order valence-electron chi connectivity index (χ3n) is 2.73. The number of hydrogen-bond donors (Lipinski definition) is 0. The molecule has 1 nitrogen and oxygen atoms in total. The summed E-state index contributed by atoms with van der Waals surface area (Å²) in [7, 11) is 11.4. The molecule has 1 heterocycles. The molecule has 1 aliphatic heterocycles. The topological polar surface area (TPSA) is 9.23 Å². The van der Waals surface area contributed by atoms with E-state index in [2.05, 4.69) is 12.1 Å². The van der Waals surface area contributed by atoms with Crippen LogP contribution >= 0.6 is 0 Å². The van der Waals surface area contributed by atoms with Crippen LogP contribution in [0.5, 0.6) is 5.75 Å². The van der Waals surface area contributed by atoms with Crippen molar-refractivity contribution in [3.8, 4) is 5.75 Å². The van der Waals surface area contributed by atoms with Gasteiger partial charge in [-0.05, 0) is 16.8 Å². The molecule has 0 saturated carbocycles. The fourth-order valence-corrected chi connectivity index (χ4v) is 1.97. The van der Waals surface area contributed by atoms with Crippen molar-refractivity contribution in [3.05, 3.63) is 48.0 Å². The van der Waals surface area contributed by atoms with Gasteiger partial charge < -0.3 is 4.74 Å². The number of hydrogen-bond acceptors (Lipinski definition) is 1. The SMILES string of the molecule is [B]C1([B])C=Cc2c(ccc3ccccc23)O1. The Morgan fingerprint density at radius 2 is 1.81 bits per heavy atom. The molecular formula is C13H8B2O. The van der Waals surface area contributed by atoms with Crippen molar-refractivity contribution in [1.82, 2.24) is 0 Å². The highest BCUT2D eigenvalue weighted by molar-refractivity contribution is 6.41. The highest BCUT2D eigenvalue weighted by atomic mass is 16.5. The van der Waals surface area contributed by atoms with E-state index in [-0.39, 0.29) is 0 Å². The lowest BCUT2D eigenvalue weighted by atomic mass is 9.64. The zero-order valence-corrected chi connectivity index (χ0v) is 8.68. The number of benzene rings is 2. The molecule has 0 aliphatic carbocycles. The number of rotatable bonds is 0. The smallest absolute Gasteiger partial charge is 0.126 e. The van der Waals surface area contributed by atoms with Gasteiger partial charge in [-0.2, -0.15) is 0 Å². The molecule has 0 spiro atoms. The summed E-state index contributed by atoms with van der Waals surface area (Å²) in [6.07, 6.45) is 3.59. The Balaban J connectivity index is 2.29. The Morgan fingerprint density at radius 3 is 2.69 bits per heavy atom. The molecule has 0 unspecified atom stereocenters. The number of ether oxygens (including phenoxy) is 1. The number of fused-ring (bicyclic) bond motifs is 3. The van der Waals surface area contributed by atoms with Gasteiger partial charge in [0.2, 0.25) is 0 Å². The molecule has 3 rings (SSSR count). The van der Waals surface area contributed by atoms with Crippen LogP contribution in [0.1, 0.15) is 5.56 Å². The Bertz CT molecular complexity index is 588. The van der Waals surface area contributed by atoms with Crippen LogP contribution in [0.25, 0.3) is 16.8 Å². The van der Waals surface area contributed by atoms with Crippen LogP contribution in [-0.2, 0) is 0 Å². The monoisotopic (exact) mass is 202 g/mol. The van der Waals surface area contributed by atoms with Crippen LogP contribution in [0.2, 0.25) is 0 Å². The van der Waals surface area contributed by atoms with E-state index in [1.54, 1.807) is 6.08 Å². The van der Waals surface area contributed by atoms with Crippen molar-refractivity contribution < 1.29 is 4.74 Å². The lowest BCUT2D eigenvalue weighted by Crippen LogP contribution is -2.36. The Hall–Kier alpha value is -1.63. The van der Waals surface area contributed by atoms with Crippen LogP contribution in [-0.4, -0.2) is 21.1 Å². The first-order chi connectivity index (χ1) is 7.66. The molecule has 4 radical (unpaired) electrons. The summed E-state index contributed by atoms with van der Waals surface area (Å²) < 4.78 is 5.50. The minimum Gasteiger partial charge on any atom is -0.503 e. The molecular weight excluding hydrogens is 194 g/mol. The van der Waals surface area contributed by atoms with Gasteiger partial charge in [0.05, 0.1) is 0 Å². The van der Waals surface area contributed by atoms with Gasteiger partial charge in [-0.3, -0.25) is 0 Å². The zero-order chi connectivity index (χ0) is 11.2. The highest BCUT2D eigenvalue weighted by Gasteiger charge is 2.21. The molecule has 0 saturated heterocycles. The average Bonchev–Trinajstić information content (AvgIpc) is 2.27. The molecule has 72 valence electrons. The third-order valence-corrected chi connectivity index (χ3v) is 2.73. The van der Waals surface area contributed by atoms with Gasteiger partial charge in [0, 0.05) is 11.0 Å². The second kappa shape index (κ2) is 3.18. The molecule has 0 amide bonds. The van der Waals surface area contributed by atoms with E-state index in [0.29, 0.717) is 0 Å². The summed E-state index contributed by atoms with van der Waals surface area (Å²) in [4.78, 5) is 0. The van der Waals surface area contributed by atoms with Crippen molar-refractivity contribution in [1.29, 1.82) is 0 Å². The van der Waals surface area contributed by atoms with E-state index < -0.39 is 5.40 Å². The van der Waals surface area contributed by atoms with E-state index in [4.69, 9.17) is 20.4 Å². The van der Waals surface area contributed by atoms with E-state index in [9.17, 15) is 0 Å². The molecule has 0 fully saturated rings. The highest BCUT2D eigenvalue weighted by Crippen LogP contribution is 2.34. The third kappa shape index (κ3) is 1.44. The predicted molar refractivity (Wildman–Crippen MR) is 67.8 cm³/mol. The first kappa shape index (κ1) is 9.59.